The van der Waals surface area contributed by atoms with Crippen LogP contribution >= 0.6 is 11.8 Å². The van der Waals surface area contributed by atoms with Gasteiger partial charge in [0.2, 0.25) is 17.0 Å². The normalized spacial score (nSPS) is 15.2. The lowest BCUT2D eigenvalue weighted by Crippen LogP contribution is -2.23. The Labute approximate surface area is 136 Å². The van der Waals surface area contributed by atoms with E-state index < -0.39 is 5.91 Å². The van der Waals surface area contributed by atoms with Crippen LogP contribution < -0.4 is 11.1 Å². The molecule has 1 fully saturated rings. The fourth-order valence-corrected chi connectivity index (χ4v) is 2.84. The third-order valence-corrected chi connectivity index (χ3v) is 4.49. The Bertz CT molecular complexity index is 725. The molecule has 0 saturated heterocycles. The number of hydrogen-bond acceptors (Lipinski definition) is 6. The number of benzene rings is 1. The van der Waals surface area contributed by atoms with E-state index in [4.69, 9.17) is 5.73 Å². The van der Waals surface area contributed by atoms with Crippen molar-refractivity contribution < 1.29 is 9.59 Å². The first kappa shape index (κ1) is 15.5. The van der Waals surface area contributed by atoms with Gasteiger partial charge in [-0.25, -0.2) is 4.68 Å². The predicted octanol–water partition coefficient (Wildman–Crippen LogP) is 1.23. The molecule has 1 aromatic heterocycles. The van der Waals surface area contributed by atoms with E-state index in [1.807, 2.05) is 0 Å². The standard InChI is InChI=1S/C14H16N6O2S/c1-8(23-14-17-18-19-20(14)11-6-7-11)13(22)16-10-4-2-9(3-5-10)12(15)21/h2-5,8,11H,6-7H2,1H3,(H2,15,21)(H,16,22)/t8-/m0/s1. The number of anilines is 1. The highest BCUT2D eigenvalue weighted by atomic mass is 32.2. The van der Waals surface area contributed by atoms with Crippen molar-refractivity contribution in [3.63, 3.8) is 0 Å². The number of nitrogens with two attached hydrogens (primary N) is 1. The van der Waals surface area contributed by atoms with Crippen LogP contribution in [0.4, 0.5) is 5.69 Å². The summed E-state index contributed by atoms with van der Waals surface area (Å²) in [6.45, 7) is 1.80. The zero-order chi connectivity index (χ0) is 16.4. The highest BCUT2D eigenvalue weighted by Crippen LogP contribution is 2.37. The Hall–Kier alpha value is -2.42. The summed E-state index contributed by atoms with van der Waals surface area (Å²) in [7, 11) is 0. The largest absolute Gasteiger partial charge is 0.366 e. The van der Waals surface area contributed by atoms with Crippen molar-refractivity contribution >= 4 is 29.3 Å². The van der Waals surface area contributed by atoms with E-state index in [-0.39, 0.29) is 11.2 Å². The van der Waals surface area contributed by atoms with Crippen molar-refractivity contribution in [2.45, 2.75) is 36.2 Å². The fraction of sp³-hybridized carbons (Fsp3) is 0.357. The Morgan fingerprint density at radius 3 is 2.65 bits per heavy atom. The highest BCUT2D eigenvalue weighted by Gasteiger charge is 2.29. The molecular formula is C14H16N6O2S. The lowest BCUT2D eigenvalue weighted by atomic mass is 10.2. The molecule has 0 unspecified atom stereocenters. The third kappa shape index (κ3) is 3.67. The molecule has 1 aliphatic rings. The number of aromatic nitrogens is 4. The number of amides is 2. The molecule has 1 aromatic carbocycles. The number of carbonyl (C=O) groups excluding carboxylic acids is 2. The van der Waals surface area contributed by atoms with Gasteiger partial charge in [0, 0.05) is 11.3 Å². The summed E-state index contributed by atoms with van der Waals surface area (Å²) in [5.74, 6) is -0.661. The number of hydrogen-bond donors (Lipinski definition) is 2. The molecule has 3 rings (SSSR count). The van der Waals surface area contributed by atoms with E-state index in [1.165, 1.54) is 11.8 Å². The Balaban J connectivity index is 1.60. The fourth-order valence-electron chi connectivity index (χ4n) is 1.98. The molecule has 8 nitrogen and oxygen atoms in total. The Morgan fingerprint density at radius 1 is 1.35 bits per heavy atom. The van der Waals surface area contributed by atoms with Gasteiger partial charge in [0.05, 0.1) is 11.3 Å². The predicted molar refractivity (Wildman–Crippen MR) is 85.0 cm³/mol. The van der Waals surface area contributed by atoms with E-state index in [9.17, 15) is 9.59 Å². The quantitative estimate of drug-likeness (QED) is 0.769. The third-order valence-electron chi connectivity index (χ3n) is 3.44. The number of nitrogens with zero attached hydrogens (tertiary/aromatic N) is 4. The second kappa shape index (κ2) is 6.37. The first-order valence-electron chi connectivity index (χ1n) is 7.20. The van der Waals surface area contributed by atoms with Gasteiger partial charge in [-0.3, -0.25) is 9.59 Å². The second-order valence-electron chi connectivity index (χ2n) is 5.33. The molecule has 1 heterocycles. The lowest BCUT2D eigenvalue weighted by molar-refractivity contribution is -0.115. The lowest BCUT2D eigenvalue weighted by Gasteiger charge is -2.11. The molecule has 1 saturated carbocycles. The molecule has 2 aromatic rings. The van der Waals surface area contributed by atoms with Gasteiger partial charge in [-0.1, -0.05) is 11.8 Å². The van der Waals surface area contributed by atoms with Gasteiger partial charge in [-0.2, -0.15) is 0 Å². The minimum absolute atomic E-state index is 0.160. The average molecular weight is 332 g/mol. The summed E-state index contributed by atoms with van der Waals surface area (Å²) in [5, 5.41) is 14.7. The van der Waals surface area contributed by atoms with Gasteiger partial charge >= 0.3 is 0 Å². The molecule has 23 heavy (non-hydrogen) atoms. The van der Waals surface area contributed by atoms with Gasteiger partial charge < -0.3 is 11.1 Å². The van der Waals surface area contributed by atoms with E-state index in [0.717, 1.165) is 12.8 Å². The number of carbonyl (C=O) groups is 2. The average Bonchev–Trinajstić information content (AvgIpc) is 3.27. The molecule has 120 valence electrons. The molecule has 2 amide bonds. The zero-order valence-corrected chi connectivity index (χ0v) is 13.3. The van der Waals surface area contributed by atoms with Crippen LogP contribution in [-0.2, 0) is 4.79 Å². The van der Waals surface area contributed by atoms with Crippen molar-refractivity contribution in [1.29, 1.82) is 0 Å². The summed E-state index contributed by atoms with van der Waals surface area (Å²) in [5.41, 5.74) is 6.18. The van der Waals surface area contributed by atoms with Gasteiger partial charge in [-0.15, -0.1) is 5.10 Å². The van der Waals surface area contributed by atoms with Crippen molar-refractivity contribution in [3.05, 3.63) is 29.8 Å². The summed E-state index contributed by atoms with van der Waals surface area (Å²) in [6, 6.07) is 6.80. The number of primary amides is 1. The first-order valence-corrected chi connectivity index (χ1v) is 8.08. The van der Waals surface area contributed by atoms with Crippen molar-refractivity contribution in [2.75, 3.05) is 5.32 Å². The van der Waals surface area contributed by atoms with Crippen LogP contribution in [0.2, 0.25) is 0 Å². The maximum atomic E-state index is 12.3. The summed E-state index contributed by atoms with van der Waals surface area (Å²) < 4.78 is 1.77. The van der Waals surface area contributed by atoms with Gasteiger partial charge in [-0.05, 0) is 54.5 Å². The maximum absolute atomic E-state index is 12.3. The van der Waals surface area contributed by atoms with E-state index in [0.29, 0.717) is 22.4 Å². The molecule has 0 radical (unpaired) electrons. The monoisotopic (exact) mass is 332 g/mol. The summed E-state index contributed by atoms with van der Waals surface area (Å²) in [4.78, 5) is 23.3. The topological polar surface area (TPSA) is 116 Å². The number of nitrogens with one attached hydrogen (secondary N) is 1. The van der Waals surface area contributed by atoms with Gasteiger partial charge in [0.15, 0.2) is 0 Å². The number of rotatable bonds is 6. The van der Waals surface area contributed by atoms with Crippen molar-refractivity contribution in [2.24, 2.45) is 5.73 Å². The molecule has 0 aliphatic heterocycles. The first-order chi connectivity index (χ1) is 11.0. The number of thioether (sulfide) groups is 1. The maximum Gasteiger partial charge on any atom is 0.248 e. The van der Waals surface area contributed by atoms with Crippen LogP contribution in [0.25, 0.3) is 0 Å². The van der Waals surface area contributed by atoms with Gasteiger partial charge in [0.25, 0.3) is 0 Å². The highest BCUT2D eigenvalue weighted by molar-refractivity contribution is 8.00. The molecule has 0 bridgehead atoms. The minimum Gasteiger partial charge on any atom is -0.366 e. The van der Waals surface area contributed by atoms with Crippen LogP contribution in [0, 0.1) is 0 Å². The summed E-state index contributed by atoms with van der Waals surface area (Å²) in [6.07, 6.45) is 2.15. The second-order valence-corrected chi connectivity index (χ2v) is 6.64. The van der Waals surface area contributed by atoms with Crippen LogP contribution in [0.3, 0.4) is 0 Å². The van der Waals surface area contributed by atoms with Crippen molar-refractivity contribution in [3.8, 4) is 0 Å². The molecule has 3 N–H and O–H groups in total. The van der Waals surface area contributed by atoms with Crippen LogP contribution in [0.15, 0.2) is 29.4 Å². The van der Waals surface area contributed by atoms with Crippen molar-refractivity contribution in [1.82, 2.24) is 20.2 Å². The van der Waals surface area contributed by atoms with E-state index in [2.05, 4.69) is 20.8 Å². The van der Waals surface area contributed by atoms with Crippen LogP contribution in [0.1, 0.15) is 36.2 Å². The molecule has 0 spiro atoms. The molecule has 1 aliphatic carbocycles. The molecule has 1 atom stereocenters. The van der Waals surface area contributed by atoms with E-state index in [1.54, 1.807) is 35.9 Å². The van der Waals surface area contributed by atoms with Crippen LogP contribution in [0.5, 0.6) is 0 Å². The Kier molecular flexibility index (Phi) is 4.28. The zero-order valence-electron chi connectivity index (χ0n) is 12.5. The molecular weight excluding hydrogens is 316 g/mol. The minimum atomic E-state index is -0.501. The van der Waals surface area contributed by atoms with Crippen LogP contribution in [-0.4, -0.2) is 37.3 Å². The SMILES string of the molecule is C[C@H](Sc1nnnn1C1CC1)C(=O)Nc1ccc(C(N)=O)cc1. The number of tetrazole rings is 1. The Morgan fingerprint density at radius 2 is 2.04 bits per heavy atom. The van der Waals surface area contributed by atoms with Gasteiger partial charge in [0.1, 0.15) is 0 Å². The smallest absolute Gasteiger partial charge is 0.248 e. The molecule has 9 heteroatoms. The van der Waals surface area contributed by atoms with E-state index >= 15 is 0 Å². The summed E-state index contributed by atoms with van der Waals surface area (Å²) >= 11 is 1.32.